The van der Waals surface area contributed by atoms with Gasteiger partial charge in [-0.2, -0.15) is 0 Å². The number of nitrogens with zero attached hydrogens (tertiary/aromatic N) is 1. The molecule has 21 heavy (non-hydrogen) atoms. The van der Waals surface area contributed by atoms with Gasteiger partial charge in [0.1, 0.15) is 0 Å². The van der Waals surface area contributed by atoms with Crippen LogP contribution in [0.1, 0.15) is 30.9 Å². The Morgan fingerprint density at radius 2 is 2.24 bits per heavy atom. The van der Waals surface area contributed by atoms with Crippen LogP contribution in [-0.2, 0) is 10.0 Å². The Balaban J connectivity index is 2.02. The molecular weight excluding hydrogens is 378 g/mol. The van der Waals surface area contributed by atoms with Gasteiger partial charge in [0, 0.05) is 17.6 Å². The van der Waals surface area contributed by atoms with E-state index in [9.17, 15) is 13.5 Å². The van der Waals surface area contributed by atoms with Crippen molar-refractivity contribution in [3.05, 3.63) is 33.3 Å². The van der Waals surface area contributed by atoms with Gasteiger partial charge in [-0.3, -0.25) is 0 Å². The van der Waals surface area contributed by atoms with E-state index in [0.29, 0.717) is 24.5 Å². The number of benzene rings is 1. The first-order valence-electron chi connectivity index (χ1n) is 6.85. The summed E-state index contributed by atoms with van der Waals surface area (Å²) in [6, 6.07) is 5.35. The lowest BCUT2D eigenvalue weighted by Crippen LogP contribution is -2.39. The molecule has 0 aromatic heterocycles. The summed E-state index contributed by atoms with van der Waals surface area (Å²) in [5.74, 6) is 0.179. The molecule has 1 aromatic rings. The van der Waals surface area contributed by atoms with Crippen LogP contribution in [0.3, 0.4) is 0 Å². The fourth-order valence-corrected chi connectivity index (χ4v) is 4.15. The number of piperidine rings is 1. The van der Waals surface area contributed by atoms with Crippen LogP contribution < -0.4 is 0 Å². The number of hydrogen-bond donors (Lipinski definition) is 1. The Kier molecular flexibility index (Phi) is 5.71. The van der Waals surface area contributed by atoms with Crippen LogP contribution in [0.5, 0.6) is 0 Å². The van der Waals surface area contributed by atoms with Gasteiger partial charge in [-0.15, -0.1) is 0 Å². The number of rotatable bonds is 4. The van der Waals surface area contributed by atoms with E-state index >= 15 is 0 Å². The molecule has 1 heterocycles. The first-order valence-corrected chi connectivity index (χ1v) is 9.87. The van der Waals surface area contributed by atoms with E-state index in [-0.39, 0.29) is 5.92 Å². The highest BCUT2D eigenvalue weighted by Gasteiger charge is 2.27. The van der Waals surface area contributed by atoms with Crippen LogP contribution >= 0.6 is 27.5 Å². The monoisotopic (exact) mass is 395 g/mol. The maximum absolute atomic E-state index is 11.6. The smallest absolute Gasteiger partial charge is 0.211 e. The Hall–Kier alpha value is -0.140. The van der Waals surface area contributed by atoms with E-state index < -0.39 is 16.1 Å². The molecule has 0 aliphatic carbocycles. The predicted octanol–water partition coefficient (Wildman–Crippen LogP) is 3.20. The molecule has 1 aromatic carbocycles. The second-order valence-corrected chi connectivity index (χ2v) is 8.80. The molecule has 2 unspecified atom stereocenters. The number of sulfonamides is 1. The van der Waals surface area contributed by atoms with Gasteiger partial charge in [0.05, 0.1) is 17.4 Å². The zero-order valence-corrected chi connectivity index (χ0v) is 15.0. The molecule has 1 aliphatic rings. The van der Waals surface area contributed by atoms with Gasteiger partial charge in [-0.05, 0) is 58.8 Å². The van der Waals surface area contributed by atoms with E-state index in [1.807, 2.05) is 6.07 Å². The van der Waals surface area contributed by atoms with Crippen molar-refractivity contribution >= 4 is 37.6 Å². The standard InChI is InChI=1S/C14H19BrClNO3S/c1-21(19,20)17-6-2-3-10(9-17)7-14(18)11-4-5-13(16)12(15)8-11/h4-5,8,10,14,18H,2-3,6-7,9H2,1H3. The van der Waals surface area contributed by atoms with Crippen molar-refractivity contribution in [1.82, 2.24) is 4.31 Å². The third-order valence-electron chi connectivity index (χ3n) is 3.84. The van der Waals surface area contributed by atoms with Crippen LogP contribution in [0.4, 0.5) is 0 Å². The van der Waals surface area contributed by atoms with E-state index in [1.165, 1.54) is 10.6 Å². The zero-order valence-electron chi connectivity index (χ0n) is 11.8. The summed E-state index contributed by atoms with van der Waals surface area (Å²) >= 11 is 9.29. The van der Waals surface area contributed by atoms with Gasteiger partial charge >= 0.3 is 0 Å². The molecule has 0 radical (unpaired) electrons. The summed E-state index contributed by atoms with van der Waals surface area (Å²) in [6.07, 6.45) is 2.97. The van der Waals surface area contributed by atoms with Gasteiger partial charge in [-0.25, -0.2) is 12.7 Å². The first kappa shape index (κ1) is 17.2. The van der Waals surface area contributed by atoms with Crippen molar-refractivity contribution < 1.29 is 13.5 Å². The highest BCUT2D eigenvalue weighted by molar-refractivity contribution is 9.10. The molecule has 4 nitrogen and oxygen atoms in total. The van der Waals surface area contributed by atoms with Crippen LogP contribution in [-0.4, -0.2) is 37.2 Å². The van der Waals surface area contributed by atoms with E-state index in [0.717, 1.165) is 22.9 Å². The van der Waals surface area contributed by atoms with Crippen molar-refractivity contribution in [1.29, 1.82) is 0 Å². The van der Waals surface area contributed by atoms with Gasteiger partial charge in [-0.1, -0.05) is 17.7 Å². The predicted molar refractivity (Wildman–Crippen MR) is 87.9 cm³/mol. The van der Waals surface area contributed by atoms with Gasteiger partial charge in [0.2, 0.25) is 10.0 Å². The minimum absolute atomic E-state index is 0.179. The maximum atomic E-state index is 11.6. The quantitative estimate of drug-likeness (QED) is 0.850. The fourth-order valence-electron chi connectivity index (χ4n) is 2.69. The van der Waals surface area contributed by atoms with Crippen molar-refractivity contribution in [2.75, 3.05) is 19.3 Å². The Bertz CT molecular complexity index is 608. The zero-order chi connectivity index (χ0) is 15.6. The Morgan fingerprint density at radius 3 is 2.86 bits per heavy atom. The number of aliphatic hydroxyl groups excluding tert-OH is 1. The van der Waals surface area contributed by atoms with Crippen molar-refractivity contribution in [2.45, 2.75) is 25.4 Å². The van der Waals surface area contributed by atoms with Crippen LogP contribution in [0.15, 0.2) is 22.7 Å². The molecule has 0 amide bonds. The summed E-state index contributed by atoms with van der Waals surface area (Å²) in [5, 5.41) is 10.9. The molecule has 1 fully saturated rings. The highest BCUT2D eigenvalue weighted by atomic mass is 79.9. The van der Waals surface area contributed by atoms with Crippen LogP contribution in [0.2, 0.25) is 5.02 Å². The summed E-state index contributed by atoms with van der Waals surface area (Å²) < 4.78 is 25.5. The molecule has 0 saturated carbocycles. The van der Waals surface area contributed by atoms with Crippen LogP contribution in [0.25, 0.3) is 0 Å². The average molecular weight is 397 g/mol. The molecule has 1 aliphatic heterocycles. The van der Waals surface area contributed by atoms with Crippen LogP contribution in [0, 0.1) is 5.92 Å². The molecule has 0 bridgehead atoms. The summed E-state index contributed by atoms with van der Waals surface area (Å²) in [7, 11) is -3.14. The van der Waals surface area contributed by atoms with E-state index in [4.69, 9.17) is 11.6 Å². The Morgan fingerprint density at radius 1 is 1.52 bits per heavy atom. The van der Waals surface area contributed by atoms with Crippen molar-refractivity contribution in [3.63, 3.8) is 0 Å². The molecule has 0 spiro atoms. The summed E-state index contributed by atoms with van der Waals surface area (Å²) in [5.41, 5.74) is 0.794. The lowest BCUT2D eigenvalue weighted by molar-refractivity contribution is 0.123. The molecule has 7 heteroatoms. The van der Waals surface area contributed by atoms with Crippen molar-refractivity contribution in [2.24, 2.45) is 5.92 Å². The minimum Gasteiger partial charge on any atom is -0.388 e. The Labute approximate surface area is 139 Å². The molecule has 2 rings (SSSR count). The van der Waals surface area contributed by atoms with E-state index in [2.05, 4.69) is 15.9 Å². The number of hydrogen-bond acceptors (Lipinski definition) is 3. The molecule has 118 valence electrons. The van der Waals surface area contributed by atoms with Gasteiger partial charge in [0.25, 0.3) is 0 Å². The third kappa shape index (κ3) is 4.66. The third-order valence-corrected chi connectivity index (χ3v) is 6.32. The first-order chi connectivity index (χ1) is 9.77. The topological polar surface area (TPSA) is 57.6 Å². The lowest BCUT2D eigenvalue weighted by Gasteiger charge is -2.32. The summed E-state index contributed by atoms with van der Waals surface area (Å²) in [6.45, 7) is 1.07. The average Bonchev–Trinajstić information content (AvgIpc) is 2.41. The second-order valence-electron chi connectivity index (χ2n) is 5.55. The van der Waals surface area contributed by atoms with Gasteiger partial charge in [0.15, 0.2) is 0 Å². The normalized spacial score (nSPS) is 22.2. The molecular formula is C14H19BrClNO3S. The number of halogens is 2. The summed E-state index contributed by atoms with van der Waals surface area (Å²) in [4.78, 5) is 0. The maximum Gasteiger partial charge on any atom is 0.211 e. The SMILES string of the molecule is CS(=O)(=O)N1CCCC(CC(O)c2ccc(Cl)c(Br)c2)C1. The second kappa shape index (κ2) is 6.96. The fraction of sp³-hybridized carbons (Fsp3) is 0.571. The highest BCUT2D eigenvalue weighted by Crippen LogP contribution is 2.31. The molecule has 1 saturated heterocycles. The lowest BCUT2D eigenvalue weighted by atomic mass is 9.91. The molecule has 2 atom stereocenters. The minimum atomic E-state index is -3.14. The largest absolute Gasteiger partial charge is 0.388 e. The van der Waals surface area contributed by atoms with Crippen molar-refractivity contribution in [3.8, 4) is 0 Å². The number of aliphatic hydroxyl groups is 1. The van der Waals surface area contributed by atoms with E-state index in [1.54, 1.807) is 12.1 Å². The molecule has 1 N–H and O–H groups in total. The van der Waals surface area contributed by atoms with Gasteiger partial charge < -0.3 is 5.11 Å².